The molecule has 55 heavy (non-hydrogen) atoms. The maximum atomic E-state index is 13.3. The van der Waals surface area contributed by atoms with E-state index in [0.717, 1.165) is 79.7 Å². The van der Waals surface area contributed by atoms with E-state index >= 15 is 0 Å². The minimum atomic E-state index is -0.320. The van der Waals surface area contributed by atoms with Crippen LogP contribution in [0.4, 0.5) is 0 Å². The van der Waals surface area contributed by atoms with Gasteiger partial charge in [-0.05, 0) is 89.6 Å². The molecule has 2 fully saturated rings. The lowest BCUT2D eigenvalue weighted by molar-refractivity contribution is -0.128. The predicted molar refractivity (Wildman–Crippen MR) is 218 cm³/mol. The second kappa shape index (κ2) is 16.6. The van der Waals surface area contributed by atoms with Gasteiger partial charge in [0.25, 0.3) is 0 Å². The summed E-state index contributed by atoms with van der Waals surface area (Å²) in [5.41, 5.74) is 5.91. The number of hydrogen-bond acceptors (Lipinski definition) is 7. The summed E-state index contributed by atoms with van der Waals surface area (Å²) < 4.78 is 28.0. The van der Waals surface area contributed by atoms with Gasteiger partial charge in [0.15, 0.2) is 23.0 Å². The normalized spacial score (nSPS) is 19.3. The molecule has 0 N–H and O–H groups in total. The van der Waals surface area contributed by atoms with Crippen molar-refractivity contribution in [2.45, 2.75) is 83.5 Å². The standard InChI is InChI=1S/C46H60N2O7/c1-45(2)33(25-32-26-38(51-5)39(52-6)28-36(32)45)13-15-41(49)47-21-17-30(18-22-47)11-10-12-31-19-23-48(24-20-31)42(50)16-14-34-27-35-37(46(34,3)4)29-40(53-7)44(55-9)43(35)54-8/h13-16,25-31H,10-12,17-24H2,1-9H3. The number of methoxy groups -OCH3 is 5. The summed E-state index contributed by atoms with van der Waals surface area (Å²) in [6.45, 7) is 11.9. The van der Waals surface area contributed by atoms with E-state index in [-0.39, 0.29) is 22.6 Å². The smallest absolute Gasteiger partial charge is 0.246 e. The molecule has 0 atom stereocenters. The first-order valence-corrected chi connectivity index (χ1v) is 19.8. The molecule has 0 saturated carbocycles. The van der Waals surface area contributed by atoms with E-state index in [1.165, 1.54) is 24.8 Å². The predicted octanol–water partition coefficient (Wildman–Crippen LogP) is 8.54. The Kier molecular flexibility index (Phi) is 12.1. The lowest BCUT2D eigenvalue weighted by Crippen LogP contribution is -2.38. The van der Waals surface area contributed by atoms with E-state index in [0.29, 0.717) is 40.6 Å². The van der Waals surface area contributed by atoms with Crippen molar-refractivity contribution in [1.29, 1.82) is 0 Å². The third-order valence-electron chi connectivity index (χ3n) is 12.7. The number of benzene rings is 2. The van der Waals surface area contributed by atoms with Crippen LogP contribution in [0.25, 0.3) is 12.2 Å². The Balaban J connectivity index is 0.919. The Morgan fingerprint density at radius 3 is 1.56 bits per heavy atom. The van der Waals surface area contributed by atoms with Gasteiger partial charge in [0.2, 0.25) is 17.6 Å². The van der Waals surface area contributed by atoms with Gasteiger partial charge in [-0.15, -0.1) is 0 Å². The molecule has 2 heterocycles. The van der Waals surface area contributed by atoms with Crippen LogP contribution in [0.3, 0.4) is 0 Å². The molecule has 0 radical (unpaired) electrons. The number of carbonyl (C=O) groups is 2. The zero-order valence-electron chi connectivity index (χ0n) is 34.4. The van der Waals surface area contributed by atoms with Crippen molar-refractivity contribution in [2.24, 2.45) is 11.8 Å². The summed E-state index contributed by atoms with van der Waals surface area (Å²) in [5, 5.41) is 0. The first kappa shape index (κ1) is 40.0. The van der Waals surface area contributed by atoms with Gasteiger partial charge in [0, 0.05) is 54.7 Å². The molecule has 9 heteroatoms. The van der Waals surface area contributed by atoms with Crippen LogP contribution >= 0.6 is 0 Å². The number of likely N-dealkylation sites (tertiary alicyclic amines) is 2. The second-order valence-electron chi connectivity index (χ2n) is 16.5. The molecule has 2 aliphatic carbocycles. The quantitative estimate of drug-likeness (QED) is 0.190. The molecular formula is C46H60N2O7. The Morgan fingerprint density at radius 1 is 0.618 bits per heavy atom. The third-order valence-corrected chi connectivity index (χ3v) is 12.7. The number of allylic oxidation sites excluding steroid dienone is 4. The molecule has 0 spiro atoms. The molecule has 9 nitrogen and oxygen atoms in total. The molecule has 2 aromatic carbocycles. The number of hydrogen-bond donors (Lipinski definition) is 0. The fourth-order valence-electron chi connectivity index (χ4n) is 9.01. The zero-order chi connectivity index (χ0) is 39.5. The van der Waals surface area contributed by atoms with Gasteiger partial charge in [-0.1, -0.05) is 65.2 Å². The topological polar surface area (TPSA) is 86.8 Å². The largest absolute Gasteiger partial charge is 0.493 e. The average Bonchev–Trinajstić information content (AvgIpc) is 3.60. The van der Waals surface area contributed by atoms with Gasteiger partial charge < -0.3 is 33.5 Å². The van der Waals surface area contributed by atoms with Crippen LogP contribution in [-0.2, 0) is 20.4 Å². The minimum absolute atomic E-state index is 0.0690. The third kappa shape index (κ3) is 8.03. The first-order chi connectivity index (χ1) is 26.4. The molecule has 4 aliphatic rings. The monoisotopic (exact) mass is 752 g/mol. The Hall–Kier alpha value is -4.66. The number of fused-ring (bicyclic) bond motifs is 2. The van der Waals surface area contributed by atoms with Crippen molar-refractivity contribution >= 4 is 24.0 Å². The number of nitrogens with zero attached hydrogens (tertiary/aromatic N) is 2. The molecule has 2 aromatic rings. The van der Waals surface area contributed by atoms with Crippen molar-refractivity contribution < 1.29 is 33.3 Å². The van der Waals surface area contributed by atoms with Crippen LogP contribution in [0.15, 0.2) is 53.6 Å². The first-order valence-electron chi connectivity index (χ1n) is 19.8. The molecule has 2 aliphatic heterocycles. The Morgan fingerprint density at radius 2 is 1.07 bits per heavy atom. The molecule has 2 amide bonds. The van der Waals surface area contributed by atoms with E-state index in [1.54, 1.807) is 47.7 Å². The molecule has 0 unspecified atom stereocenters. The van der Waals surface area contributed by atoms with Gasteiger partial charge in [0.1, 0.15) is 0 Å². The van der Waals surface area contributed by atoms with Crippen LogP contribution in [-0.4, -0.2) is 83.3 Å². The lowest BCUT2D eigenvalue weighted by Gasteiger charge is -2.33. The highest BCUT2D eigenvalue weighted by molar-refractivity contribution is 5.90. The lowest BCUT2D eigenvalue weighted by atomic mass is 9.81. The van der Waals surface area contributed by atoms with Crippen LogP contribution in [0.1, 0.15) is 94.9 Å². The number of piperidine rings is 2. The minimum Gasteiger partial charge on any atom is -0.493 e. The molecule has 2 saturated heterocycles. The summed E-state index contributed by atoms with van der Waals surface area (Å²) in [6.07, 6.45) is 19.5. The van der Waals surface area contributed by atoms with Gasteiger partial charge in [-0.2, -0.15) is 0 Å². The van der Waals surface area contributed by atoms with E-state index < -0.39 is 0 Å². The van der Waals surface area contributed by atoms with Crippen LogP contribution in [0.5, 0.6) is 28.7 Å². The van der Waals surface area contributed by atoms with Crippen molar-refractivity contribution in [3.05, 3.63) is 75.9 Å². The van der Waals surface area contributed by atoms with E-state index in [1.807, 2.05) is 40.2 Å². The maximum absolute atomic E-state index is 13.3. The molecule has 0 aromatic heterocycles. The molecular weight excluding hydrogens is 693 g/mol. The number of carbonyl (C=O) groups excluding carboxylic acids is 2. The highest BCUT2D eigenvalue weighted by Crippen LogP contribution is 2.52. The van der Waals surface area contributed by atoms with E-state index in [4.69, 9.17) is 23.7 Å². The van der Waals surface area contributed by atoms with E-state index in [9.17, 15) is 9.59 Å². The summed E-state index contributed by atoms with van der Waals surface area (Å²) in [4.78, 5) is 30.5. The van der Waals surface area contributed by atoms with Gasteiger partial charge >= 0.3 is 0 Å². The number of rotatable bonds is 13. The summed E-state index contributed by atoms with van der Waals surface area (Å²) >= 11 is 0. The highest BCUT2D eigenvalue weighted by atomic mass is 16.5. The van der Waals surface area contributed by atoms with Crippen LogP contribution in [0.2, 0.25) is 0 Å². The van der Waals surface area contributed by atoms with E-state index in [2.05, 4.69) is 39.8 Å². The highest BCUT2D eigenvalue weighted by Gasteiger charge is 2.37. The van der Waals surface area contributed by atoms with Gasteiger partial charge in [-0.25, -0.2) is 0 Å². The van der Waals surface area contributed by atoms with Crippen molar-refractivity contribution in [3.63, 3.8) is 0 Å². The summed E-state index contributed by atoms with van der Waals surface area (Å²) in [5.74, 6) is 4.75. The maximum Gasteiger partial charge on any atom is 0.246 e. The van der Waals surface area contributed by atoms with Crippen LogP contribution in [0, 0.1) is 11.8 Å². The zero-order valence-corrected chi connectivity index (χ0v) is 34.4. The van der Waals surface area contributed by atoms with Gasteiger partial charge in [-0.3, -0.25) is 9.59 Å². The van der Waals surface area contributed by atoms with Crippen LogP contribution < -0.4 is 23.7 Å². The van der Waals surface area contributed by atoms with Crippen molar-refractivity contribution in [2.75, 3.05) is 61.7 Å². The average molecular weight is 753 g/mol. The summed E-state index contributed by atoms with van der Waals surface area (Å²) in [6, 6.07) is 6.07. The molecule has 0 bridgehead atoms. The fraction of sp³-hybridized carbons (Fsp3) is 0.522. The van der Waals surface area contributed by atoms with Crippen molar-refractivity contribution in [3.8, 4) is 28.7 Å². The second-order valence-corrected chi connectivity index (χ2v) is 16.5. The number of ether oxygens (including phenoxy) is 5. The Labute approximate surface area is 328 Å². The van der Waals surface area contributed by atoms with Gasteiger partial charge in [0.05, 0.1) is 35.5 Å². The molecule has 6 rings (SSSR count). The molecule has 296 valence electrons. The number of amides is 2. The van der Waals surface area contributed by atoms with Crippen molar-refractivity contribution in [1.82, 2.24) is 9.80 Å². The fourth-order valence-corrected chi connectivity index (χ4v) is 9.01. The Bertz CT molecular complexity index is 1890. The SMILES string of the molecule is COc1cc2c(cc1OC)C(C)(C)C(C=CC(=O)N1CCC(CCCC3CCN(C(=O)C=CC4=Cc5c(cc(OC)c(OC)c5OC)C4(C)C)CC3)CC1)=C2. The summed E-state index contributed by atoms with van der Waals surface area (Å²) in [7, 11) is 8.18.